The molecule has 0 unspecified atom stereocenters. The van der Waals surface area contributed by atoms with E-state index in [4.69, 9.17) is 4.74 Å². The molecule has 0 aromatic heterocycles. The van der Waals surface area contributed by atoms with Crippen LogP contribution in [0.15, 0.2) is 30.3 Å². The minimum absolute atomic E-state index is 0.0263. The molecule has 156 valence electrons. The van der Waals surface area contributed by atoms with Gasteiger partial charge in [-0.1, -0.05) is 44.9 Å². The molecule has 1 saturated carbocycles. The Kier molecular flexibility index (Phi) is 6.67. The third kappa shape index (κ3) is 5.02. The molecule has 3 rings (SSSR count). The highest BCUT2D eigenvalue weighted by molar-refractivity contribution is 6.05. The van der Waals surface area contributed by atoms with E-state index >= 15 is 0 Å². The number of nitrogens with one attached hydrogen (secondary N) is 1. The number of likely N-dealkylation sites (tertiary alicyclic amines) is 1. The predicted octanol–water partition coefficient (Wildman–Crippen LogP) is 2.16. The molecule has 1 saturated heterocycles. The topological polar surface area (TPSA) is 92.8 Å². The summed E-state index contributed by atoms with van der Waals surface area (Å²) in [6.45, 7) is 4.17. The molecule has 0 bridgehead atoms. The van der Waals surface area contributed by atoms with Crippen LogP contribution in [0.25, 0.3) is 0 Å². The van der Waals surface area contributed by atoms with E-state index in [1.54, 1.807) is 30.3 Å². The van der Waals surface area contributed by atoms with Crippen molar-refractivity contribution >= 4 is 23.7 Å². The second-order valence-corrected chi connectivity index (χ2v) is 8.13. The van der Waals surface area contributed by atoms with Gasteiger partial charge in [0.05, 0.1) is 5.92 Å². The van der Waals surface area contributed by atoms with Gasteiger partial charge in [0.15, 0.2) is 6.61 Å². The third-order valence-electron chi connectivity index (χ3n) is 6.19. The van der Waals surface area contributed by atoms with Crippen molar-refractivity contribution < 1.29 is 23.9 Å². The van der Waals surface area contributed by atoms with Crippen LogP contribution in [0.5, 0.6) is 0 Å². The smallest absolute Gasteiger partial charge is 0.311 e. The lowest BCUT2D eigenvalue weighted by Crippen LogP contribution is -2.45. The lowest BCUT2D eigenvalue weighted by Gasteiger charge is -2.39. The molecule has 2 fully saturated rings. The van der Waals surface area contributed by atoms with Crippen LogP contribution >= 0.6 is 0 Å². The van der Waals surface area contributed by atoms with Gasteiger partial charge in [-0.3, -0.25) is 24.5 Å². The normalized spacial score (nSPS) is 26.8. The van der Waals surface area contributed by atoms with Crippen molar-refractivity contribution in [2.45, 2.75) is 45.6 Å². The van der Waals surface area contributed by atoms with Crippen molar-refractivity contribution in [2.75, 3.05) is 13.2 Å². The zero-order chi connectivity index (χ0) is 21.0. The Morgan fingerprint density at radius 2 is 1.86 bits per heavy atom. The average Bonchev–Trinajstić information content (AvgIpc) is 3.10. The molecule has 4 atom stereocenters. The highest BCUT2D eigenvalue weighted by Crippen LogP contribution is 2.35. The third-order valence-corrected chi connectivity index (χ3v) is 6.19. The summed E-state index contributed by atoms with van der Waals surface area (Å²) >= 11 is 0. The van der Waals surface area contributed by atoms with Crippen molar-refractivity contribution in [1.82, 2.24) is 10.2 Å². The van der Waals surface area contributed by atoms with E-state index in [1.807, 2.05) is 4.90 Å². The minimum atomic E-state index is -0.692. The molecule has 0 radical (unpaired) electrons. The predicted molar refractivity (Wildman–Crippen MR) is 106 cm³/mol. The van der Waals surface area contributed by atoms with E-state index in [-0.39, 0.29) is 18.4 Å². The van der Waals surface area contributed by atoms with Crippen LogP contribution in [-0.2, 0) is 19.1 Å². The first-order chi connectivity index (χ1) is 13.9. The summed E-state index contributed by atoms with van der Waals surface area (Å²) < 4.78 is 5.07. The molecule has 1 aliphatic carbocycles. The van der Waals surface area contributed by atoms with Crippen molar-refractivity contribution in [2.24, 2.45) is 17.8 Å². The van der Waals surface area contributed by atoms with E-state index < -0.39 is 30.3 Å². The molecule has 1 aromatic carbocycles. The number of amides is 3. The number of ether oxygens (including phenoxy) is 1. The molecule has 1 heterocycles. The van der Waals surface area contributed by atoms with E-state index in [2.05, 4.69) is 19.2 Å². The van der Waals surface area contributed by atoms with Crippen LogP contribution in [0.2, 0.25) is 0 Å². The fourth-order valence-electron chi connectivity index (χ4n) is 4.28. The maximum Gasteiger partial charge on any atom is 0.311 e. The summed E-state index contributed by atoms with van der Waals surface area (Å²) in [5.41, 5.74) is 0.347. The maximum absolute atomic E-state index is 12.5. The van der Waals surface area contributed by atoms with Gasteiger partial charge < -0.3 is 9.64 Å². The maximum atomic E-state index is 12.5. The summed E-state index contributed by atoms with van der Waals surface area (Å²) in [4.78, 5) is 50.5. The van der Waals surface area contributed by atoms with Gasteiger partial charge in [0.2, 0.25) is 5.91 Å². The quantitative estimate of drug-likeness (QED) is 0.765. The van der Waals surface area contributed by atoms with Gasteiger partial charge >= 0.3 is 5.97 Å². The van der Waals surface area contributed by atoms with Crippen LogP contribution in [0.3, 0.4) is 0 Å². The van der Waals surface area contributed by atoms with Crippen LogP contribution in [0, 0.1) is 17.8 Å². The highest BCUT2D eigenvalue weighted by Gasteiger charge is 2.42. The van der Waals surface area contributed by atoms with Crippen molar-refractivity contribution in [1.29, 1.82) is 0 Å². The zero-order valence-electron chi connectivity index (χ0n) is 16.9. The van der Waals surface area contributed by atoms with Crippen molar-refractivity contribution in [3.05, 3.63) is 35.9 Å². The van der Waals surface area contributed by atoms with Crippen molar-refractivity contribution in [3.8, 4) is 0 Å². The van der Waals surface area contributed by atoms with Gasteiger partial charge in [0, 0.05) is 24.6 Å². The van der Waals surface area contributed by atoms with E-state index in [1.165, 1.54) is 6.42 Å². The van der Waals surface area contributed by atoms with E-state index in [9.17, 15) is 19.2 Å². The van der Waals surface area contributed by atoms with Gasteiger partial charge in [0.1, 0.15) is 0 Å². The summed E-state index contributed by atoms with van der Waals surface area (Å²) in [5, 5.41) is 2.19. The number of hydrogen-bond donors (Lipinski definition) is 1. The number of rotatable bonds is 5. The molecular formula is C22H28N2O5. The summed E-state index contributed by atoms with van der Waals surface area (Å²) in [5.74, 6) is -1.45. The highest BCUT2D eigenvalue weighted by atomic mass is 16.5. The number of carbonyl (C=O) groups excluding carboxylic acids is 4. The first kappa shape index (κ1) is 21.0. The van der Waals surface area contributed by atoms with Crippen LogP contribution in [0.4, 0.5) is 0 Å². The van der Waals surface area contributed by atoms with Gasteiger partial charge in [-0.25, -0.2) is 0 Å². The molecule has 0 spiro atoms. The largest absolute Gasteiger partial charge is 0.455 e. The van der Waals surface area contributed by atoms with Crippen LogP contribution < -0.4 is 5.32 Å². The van der Waals surface area contributed by atoms with E-state index in [0.717, 1.165) is 12.8 Å². The number of imide groups is 1. The number of hydrogen-bond acceptors (Lipinski definition) is 5. The second kappa shape index (κ2) is 9.20. The first-order valence-electron chi connectivity index (χ1n) is 10.2. The molecule has 7 nitrogen and oxygen atoms in total. The molecule has 1 aliphatic heterocycles. The van der Waals surface area contributed by atoms with Gasteiger partial charge in [-0.15, -0.1) is 0 Å². The number of carbonyl (C=O) groups is 4. The number of benzene rings is 1. The Hall–Kier alpha value is -2.70. The lowest BCUT2D eigenvalue weighted by atomic mass is 9.77. The molecule has 2 aliphatic rings. The molecule has 7 heteroatoms. The fourth-order valence-corrected chi connectivity index (χ4v) is 4.28. The Balaban J connectivity index is 1.48. The van der Waals surface area contributed by atoms with Gasteiger partial charge in [-0.2, -0.15) is 0 Å². The summed E-state index contributed by atoms with van der Waals surface area (Å²) in [6.07, 6.45) is 3.33. The number of nitrogens with zero attached hydrogens (tertiary/aromatic N) is 1. The molecule has 3 amide bonds. The minimum Gasteiger partial charge on any atom is -0.455 e. The monoisotopic (exact) mass is 400 g/mol. The lowest BCUT2D eigenvalue weighted by molar-refractivity contribution is -0.152. The fraction of sp³-hybridized carbons (Fsp3) is 0.545. The van der Waals surface area contributed by atoms with Gasteiger partial charge in [0.25, 0.3) is 11.8 Å². The van der Waals surface area contributed by atoms with Crippen molar-refractivity contribution in [3.63, 3.8) is 0 Å². The van der Waals surface area contributed by atoms with Gasteiger partial charge in [-0.05, 0) is 30.4 Å². The van der Waals surface area contributed by atoms with Crippen LogP contribution in [0.1, 0.15) is 49.9 Å². The molecule has 1 aromatic rings. The summed E-state index contributed by atoms with van der Waals surface area (Å²) in [7, 11) is 0. The standard InChI is InChI=1S/C22H28N2O5/c1-14-7-6-10-18(15(14)2)24-12-17(11-20(24)26)22(28)29-13-19(25)23-21(27)16-8-4-3-5-9-16/h3-5,8-9,14-15,17-18H,6-7,10-13H2,1-2H3,(H,23,25,27)/t14-,15+,17+,18+/m0/s1. The first-order valence-corrected chi connectivity index (χ1v) is 10.2. The van der Waals surface area contributed by atoms with Crippen LogP contribution in [-0.4, -0.2) is 47.8 Å². The molecule has 29 heavy (non-hydrogen) atoms. The molecular weight excluding hydrogens is 372 g/mol. The Morgan fingerprint density at radius 1 is 1.14 bits per heavy atom. The SMILES string of the molecule is C[C@H]1[C@H](N2C[C@H](C(=O)OCC(=O)NC(=O)c3ccccc3)CC2=O)CCC[C@@H]1C. The Morgan fingerprint density at radius 3 is 2.59 bits per heavy atom. The average molecular weight is 400 g/mol. The Labute approximate surface area is 170 Å². The van der Waals surface area contributed by atoms with E-state index in [0.29, 0.717) is 23.9 Å². The molecule has 1 N–H and O–H groups in total. The summed E-state index contributed by atoms with van der Waals surface area (Å²) in [6, 6.07) is 8.48. The second-order valence-electron chi connectivity index (χ2n) is 8.13. The zero-order valence-corrected chi connectivity index (χ0v) is 16.9. The Bertz CT molecular complexity index is 779. The number of esters is 1.